The van der Waals surface area contributed by atoms with Crippen molar-refractivity contribution in [2.75, 3.05) is 19.6 Å². The van der Waals surface area contributed by atoms with E-state index in [0.717, 1.165) is 25.9 Å². The fourth-order valence-corrected chi connectivity index (χ4v) is 1.48. The van der Waals surface area contributed by atoms with Crippen molar-refractivity contribution in [1.82, 2.24) is 9.91 Å². The van der Waals surface area contributed by atoms with Crippen LogP contribution in [-0.2, 0) is 0 Å². The average molecular weight is 199 g/mol. The summed E-state index contributed by atoms with van der Waals surface area (Å²) in [5, 5.41) is 1.31. The molecule has 0 aliphatic carbocycles. The molecule has 0 atom stereocenters. The highest BCUT2D eigenvalue weighted by atomic mass is 16.2. The second-order valence-corrected chi connectivity index (χ2v) is 5.13. The number of rotatable bonds is 2. The molecule has 2 N–H and O–H groups in total. The predicted octanol–water partition coefficient (Wildman–Crippen LogP) is 1.42. The summed E-state index contributed by atoms with van der Waals surface area (Å²) in [7, 11) is 0. The fourth-order valence-electron chi connectivity index (χ4n) is 1.48. The summed E-state index contributed by atoms with van der Waals surface area (Å²) < 4.78 is 0. The van der Waals surface area contributed by atoms with Gasteiger partial charge in [-0.15, -0.1) is 0 Å². The van der Waals surface area contributed by atoms with Crippen molar-refractivity contribution < 1.29 is 4.79 Å². The van der Waals surface area contributed by atoms with Crippen LogP contribution in [0.1, 0.15) is 33.6 Å². The monoisotopic (exact) mass is 199 g/mol. The number of amides is 2. The van der Waals surface area contributed by atoms with Crippen LogP contribution in [0.4, 0.5) is 4.79 Å². The van der Waals surface area contributed by atoms with Gasteiger partial charge in [-0.1, -0.05) is 20.8 Å². The van der Waals surface area contributed by atoms with Gasteiger partial charge in [0, 0.05) is 19.6 Å². The van der Waals surface area contributed by atoms with Gasteiger partial charge in [-0.05, 0) is 18.3 Å². The molecule has 4 nitrogen and oxygen atoms in total. The van der Waals surface area contributed by atoms with Crippen LogP contribution >= 0.6 is 0 Å². The third-order valence-electron chi connectivity index (χ3n) is 2.47. The van der Waals surface area contributed by atoms with Crippen molar-refractivity contribution in [3.8, 4) is 0 Å². The summed E-state index contributed by atoms with van der Waals surface area (Å²) in [5.41, 5.74) is 0.275. The van der Waals surface area contributed by atoms with Crippen molar-refractivity contribution >= 4 is 6.03 Å². The Labute approximate surface area is 86.0 Å². The molecule has 1 aliphatic heterocycles. The molecule has 0 bridgehead atoms. The number of hydrogen-bond acceptors (Lipinski definition) is 2. The molecular weight excluding hydrogens is 178 g/mol. The van der Waals surface area contributed by atoms with Crippen LogP contribution in [0.3, 0.4) is 0 Å². The summed E-state index contributed by atoms with van der Waals surface area (Å²) in [6.07, 6.45) is 2.00. The first-order valence-corrected chi connectivity index (χ1v) is 5.21. The summed E-state index contributed by atoms with van der Waals surface area (Å²) in [6, 6.07) is -0.0273. The molecule has 1 aliphatic rings. The van der Waals surface area contributed by atoms with Gasteiger partial charge in [0.15, 0.2) is 0 Å². The first kappa shape index (κ1) is 11.3. The van der Waals surface area contributed by atoms with Crippen LogP contribution in [0.25, 0.3) is 0 Å². The maximum Gasteiger partial charge on any atom is 0.334 e. The molecule has 0 aromatic rings. The SMILES string of the molecule is CC(C)(C)CCN1CCCN(N)C1=O. The molecule has 82 valence electrons. The van der Waals surface area contributed by atoms with E-state index >= 15 is 0 Å². The number of nitrogens with two attached hydrogens (primary N) is 1. The zero-order valence-electron chi connectivity index (χ0n) is 9.42. The lowest BCUT2D eigenvalue weighted by atomic mass is 9.92. The van der Waals surface area contributed by atoms with E-state index in [1.807, 2.05) is 4.90 Å². The maximum atomic E-state index is 11.6. The maximum absolute atomic E-state index is 11.6. The second-order valence-electron chi connectivity index (χ2n) is 5.13. The quantitative estimate of drug-likeness (QED) is 0.540. The van der Waals surface area contributed by atoms with Gasteiger partial charge >= 0.3 is 6.03 Å². The number of urea groups is 1. The third kappa shape index (κ3) is 3.18. The Hall–Kier alpha value is -0.770. The molecule has 0 aromatic carbocycles. The molecule has 0 spiro atoms. The minimum atomic E-state index is -0.0273. The van der Waals surface area contributed by atoms with Crippen molar-refractivity contribution in [3.63, 3.8) is 0 Å². The summed E-state index contributed by atoms with van der Waals surface area (Å²) >= 11 is 0. The van der Waals surface area contributed by atoms with Gasteiger partial charge in [-0.25, -0.2) is 10.6 Å². The van der Waals surface area contributed by atoms with Gasteiger partial charge in [-0.3, -0.25) is 5.01 Å². The van der Waals surface area contributed by atoms with E-state index in [4.69, 9.17) is 5.84 Å². The Kier molecular flexibility index (Phi) is 3.37. The van der Waals surface area contributed by atoms with E-state index in [0.29, 0.717) is 6.54 Å². The Balaban J connectivity index is 2.40. The number of hydrazine groups is 1. The van der Waals surface area contributed by atoms with Crippen LogP contribution in [0.15, 0.2) is 0 Å². The molecule has 0 unspecified atom stereocenters. The van der Waals surface area contributed by atoms with Crippen molar-refractivity contribution in [3.05, 3.63) is 0 Å². The standard InChI is InChI=1S/C10H21N3O/c1-10(2,3)5-8-12-6-4-7-13(11)9(12)14/h4-8,11H2,1-3H3. The molecule has 1 heterocycles. The molecule has 1 saturated heterocycles. The highest BCUT2D eigenvalue weighted by Crippen LogP contribution is 2.19. The van der Waals surface area contributed by atoms with Gasteiger partial charge in [0.05, 0.1) is 0 Å². The van der Waals surface area contributed by atoms with Crippen LogP contribution < -0.4 is 5.84 Å². The van der Waals surface area contributed by atoms with Gasteiger partial charge in [0.1, 0.15) is 0 Å². The molecular formula is C10H21N3O. The third-order valence-corrected chi connectivity index (χ3v) is 2.47. The van der Waals surface area contributed by atoms with Gasteiger partial charge in [0.25, 0.3) is 0 Å². The van der Waals surface area contributed by atoms with E-state index in [-0.39, 0.29) is 11.4 Å². The highest BCUT2D eigenvalue weighted by Gasteiger charge is 2.24. The van der Waals surface area contributed by atoms with E-state index in [2.05, 4.69) is 20.8 Å². The lowest BCUT2D eigenvalue weighted by molar-refractivity contribution is 0.123. The van der Waals surface area contributed by atoms with Crippen LogP contribution in [0.2, 0.25) is 0 Å². The Morgan fingerprint density at radius 3 is 2.57 bits per heavy atom. The van der Waals surface area contributed by atoms with Crippen molar-refractivity contribution in [2.24, 2.45) is 11.3 Å². The Bertz CT molecular complexity index is 210. The zero-order chi connectivity index (χ0) is 10.8. The van der Waals surface area contributed by atoms with Crippen LogP contribution in [-0.4, -0.2) is 35.6 Å². The smallest absolute Gasteiger partial charge is 0.323 e. The molecule has 14 heavy (non-hydrogen) atoms. The summed E-state index contributed by atoms with van der Waals surface area (Å²) in [4.78, 5) is 13.4. The molecule has 1 rings (SSSR count). The van der Waals surface area contributed by atoms with Crippen molar-refractivity contribution in [2.45, 2.75) is 33.6 Å². The first-order chi connectivity index (χ1) is 6.40. The molecule has 0 saturated carbocycles. The number of nitrogens with zero attached hydrogens (tertiary/aromatic N) is 2. The lowest BCUT2D eigenvalue weighted by Gasteiger charge is -2.34. The minimum absolute atomic E-state index is 0.0273. The van der Waals surface area contributed by atoms with E-state index in [1.54, 1.807) is 0 Å². The number of carbonyl (C=O) groups excluding carboxylic acids is 1. The second kappa shape index (κ2) is 4.17. The van der Waals surface area contributed by atoms with Gasteiger partial charge in [0.2, 0.25) is 0 Å². The molecule has 0 aromatic heterocycles. The normalized spacial score (nSPS) is 19.0. The first-order valence-electron chi connectivity index (χ1n) is 5.21. The summed E-state index contributed by atoms with van der Waals surface area (Å²) in [5.74, 6) is 5.55. The van der Waals surface area contributed by atoms with Crippen LogP contribution in [0, 0.1) is 5.41 Å². The van der Waals surface area contributed by atoms with Crippen LogP contribution in [0.5, 0.6) is 0 Å². The Morgan fingerprint density at radius 1 is 1.36 bits per heavy atom. The van der Waals surface area contributed by atoms with E-state index < -0.39 is 0 Å². The van der Waals surface area contributed by atoms with Gasteiger partial charge < -0.3 is 4.90 Å². The number of carbonyl (C=O) groups is 1. The molecule has 0 radical (unpaired) electrons. The Morgan fingerprint density at radius 2 is 2.00 bits per heavy atom. The number of hydrogen-bond donors (Lipinski definition) is 1. The lowest BCUT2D eigenvalue weighted by Crippen LogP contribution is -2.52. The molecule has 4 heteroatoms. The van der Waals surface area contributed by atoms with Crippen molar-refractivity contribution in [1.29, 1.82) is 0 Å². The largest absolute Gasteiger partial charge is 0.334 e. The predicted molar refractivity (Wildman–Crippen MR) is 56.6 cm³/mol. The fraction of sp³-hybridized carbons (Fsp3) is 0.900. The molecule has 2 amide bonds. The minimum Gasteiger partial charge on any atom is -0.323 e. The van der Waals surface area contributed by atoms with E-state index in [9.17, 15) is 4.79 Å². The molecule has 1 fully saturated rings. The van der Waals surface area contributed by atoms with E-state index in [1.165, 1.54) is 5.01 Å². The zero-order valence-corrected chi connectivity index (χ0v) is 9.42. The summed E-state index contributed by atoms with van der Waals surface area (Å²) in [6.45, 7) is 8.90. The van der Waals surface area contributed by atoms with Gasteiger partial charge in [-0.2, -0.15) is 0 Å². The average Bonchev–Trinajstić information content (AvgIpc) is 2.06. The topological polar surface area (TPSA) is 49.6 Å². The highest BCUT2D eigenvalue weighted by molar-refractivity contribution is 5.74.